The second-order valence-electron chi connectivity index (χ2n) is 12.9. The highest BCUT2D eigenvalue weighted by atomic mass is 32.1. The van der Waals surface area contributed by atoms with Gasteiger partial charge in [-0.15, -0.1) is 11.3 Å². The summed E-state index contributed by atoms with van der Waals surface area (Å²) < 4.78 is 5.69. The van der Waals surface area contributed by atoms with E-state index >= 15 is 0 Å². The van der Waals surface area contributed by atoms with Crippen LogP contribution in [0.5, 0.6) is 0 Å². The maximum absolute atomic E-state index is 13.9. The molecule has 1 saturated carbocycles. The number of ether oxygens (including phenoxy) is 1. The number of aliphatic hydroxyl groups is 1. The molecule has 4 N–H and O–H groups in total. The van der Waals surface area contributed by atoms with Crippen molar-refractivity contribution in [1.29, 1.82) is 0 Å². The Kier molecular flexibility index (Phi) is 10.9. The second-order valence-corrected chi connectivity index (χ2v) is 13.8. The molecule has 2 fully saturated rings. The average Bonchev–Trinajstić information content (AvgIpc) is 3.56. The lowest BCUT2D eigenvalue weighted by Gasteiger charge is -2.33. The first-order valence-electron chi connectivity index (χ1n) is 15.0. The number of aliphatic hydroxyl groups excluding tert-OH is 1. The maximum atomic E-state index is 13.9. The molecule has 230 valence electrons. The molecule has 0 bridgehead atoms. The van der Waals surface area contributed by atoms with E-state index in [4.69, 9.17) is 4.74 Å². The molecule has 9 nitrogen and oxygen atoms in total. The van der Waals surface area contributed by atoms with Crippen LogP contribution >= 0.6 is 11.3 Å². The number of aromatic nitrogens is 1. The van der Waals surface area contributed by atoms with E-state index in [1.54, 1.807) is 11.3 Å². The van der Waals surface area contributed by atoms with Crippen LogP contribution in [0.15, 0.2) is 29.8 Å². The normalized spacial score (nSPS) is 22.9. The van der Waals surface area contributed by atoms with Crippen molar-refractivity contribution in [2.75, 3.05) is 26.3 Å². The Morgan fingerprint density at radius 2 is 1.76 bits per heavy atom. The molecule has 1 aliphatic carbocycles. The van der Waals surface area contributed by atoms with Crippen molar-refractivity contribution in [3.63, 3.8) is 0 Å². The van der Waals surface area contributed by atoms with Crippen molar-refractivity contribution in [3.8, 4) is 10.4 Å². The second kappa shape index (κ2) is 14.2. The summed E-state index contributed by atoms with van der Waals surface area (Å²) in [6.45, 7) is 11.9. The van der Waals surface area contributed by atoms with E-state index in [9.17, 15) is 19.5 Å². The molecule has 1 unspecified atom stereocenters. The lowest BCUT2D eigenvalue weighted by molar-refractivity contribution is -0.138. The summed E-state index contributed by atoms with van der Waals surface area (Å²) in [7, 11) is 0. The molecule has 1 aliphatic heterocycles. The van der Waals surface area contributed by atoms with E-state index in [0.717, 1.165) is 47.6 Å². The van der Waals surface area contributed by atoms with Gasteiger partial charge in [-0.25, -0.2) is 4.98 Å². The standard InChI is InChI=1S/C32H46N4O5S/c1-19(22-6-8-23(9-7-22)29-20(2)34-18-42-29)35-31(40)26-15-24(37)14-25(26)28(39)30(32(3,4)5)36-27(38)17-41-16-21-10-12-33-13-11-21/h6-9,18-19,21,24-26,30,33,37H,10-17H2,1-5H3,(H,35,40)(H,36,38)/t19-,24-,25?,26+,30+/m0/s1. The number of ketones is 1. The fourth-order valence-corrected chi connectivity index (χ4v) is 6.83. The molecule has 2 heterocycles. The summed E-state index contributed by atoms with van der Waals surface area (Å²) in [5.74, 6) is -1.76. The van der Waals surface area contributed by atoms with Gasteiger partial charge in [-0.3, -0.25) is 14.4 Å². The van der Waals surface area contributed by atoms with Crippen LogP contribution in [-0.4, -0.2) is 66.1 Å². The Labute approximate surface area is 253 Å². The minimum atomic E-state index is -0.807. The fraction of sp³-hybridized carbons (Fsp3) is 0.625. The van der Waals surface area contributed by atoms with Crippen LogP contribution in [0.1, 0.15) is 70.7 Å². The molecule has 2 aromatic rings. The van der Waals surface area contributed by atoms with E-state index < -0.39 is 29.4 Å². The lowest BCUT2D eigenvalue weighted by atomic mass is 9.77. The van der Waals surface area contributed by atoms with E-state index in [2.05, 4.69) is 20.9 Å². The number of carbonyl (C=O) groups excluding carboxylic acids is 3. The first-order chi connectivity index (χ1) is 19.9. The third-order valence-electron chi connectivity index (χ3n) is 8.52. The van der Waals surface area contributed by atoms with E-state index in [1.165, 1.54) is 0 Å². The Bertz CT molecular complexity index is 1220. The zero-order valence-electron chi connectivity index (χ0n) is 25.4. The lowest BCUT2D eigenvalue weighted by Crippen LogP contribution is -2.53. The van der Waals surface area contributed by atoms with Crippen molar-refractivity contribution in [2.24, 2.45) is 23.2 Å². The van der Waals surface area contributed by atoms with Crippen molar-refractivity contribution in [3.05, 3.63) is 41.0 Å². The molecule has 10 heteroatoms. The highest BCUT2D eigenvalue weighted by molar-refractivity contribution is 7.13. The average molecular weight is 599 g/mol. The fourth-order valence-electron chi connectivity index (χ4n) is 6.02. The number of thiazole rings is 1. The molecule has 1 aromatic heterocycles. The minimum Gasteiger partial charge on any atom is -0.393 e. The van der Waals surface area contributed by atoms with Gasteiger partial charge in [0.05, 0.1) is 46.8 Å². The number of piperidine rings is 1. The third-order valence-corrected chi connectivity index (χ3v) is 9.50. The van der Waals surface area contributed by atoms with Gasteiger partial charge in [-0.05, 0) is 75.1 Å². The van der Waals surface area contributed by atoms with Crippen LogP contribution in [0, 0.1) is 30.1 Å². The molecular formula is C32H46N4O5S. The van der Waals surface area contributed by atoms with E-state index in [-0.39, 0.29) is 43.1 Å². The molecule has 5 atom stereocenters. The molecular weight excluding hydrogens is 552 g/mol. The van der Waals surface area contributed by atoms with Gasteiger partial charge in [0.1, 0.15) is 6.61 Å². The van der Waals surface area contributed by atoms with Crippen molar-refractivity contribution in [1.82, 2.24) is 20.9 Å². The van der Waals surface area contributed by atoms with Gasteiger partial charge >= 0.3 is 0 Å². The summed E-state index contributed by atoms with van der Waals surface area (Å²) in [6, 6.07) is 6.94. The zero-order valence-corrected chi connectivity index (χ0v) is 26.3. The summed E-state index contributed by atoms with van der Waals surface area (Å²) in [4.78, 5) is 45.6. The molecule has 4 rings (SSSR count). The van der Waals surface area contributed by atoms with Crippen LogP contribution in [0.4, 0.5) is 0 Å². The highest BCUT2D eigenvalue weighted by Crippen LogP contribution is 2.37. The number of rotatable bonds is 11. The van der Waals surface area contributed by atoms with Crippen LogP contribution in [-0.2, 0) is 19.1 Å². The number of hydrogen-bond donors (Lipinski definition) is 4. The summed E-state index contributed by atoms with van der Waals surface area (Å²) in [5, 5.41) is 19.8. The van der Waals surface area contributed by atoms with Crippen LogP contribution in [0.3, 0.4) is 0 Å². The quantitative estimate of drug-likeness (QED) is 0.310. The van der Waals surface area contributed by atoms with Gasteiger partial charge in [0.2, 0.25) is 11.8 Å². The van der Waals surface area contributed by atoms with Gasteiger partial charge in [0.15, 0.2) is 5.78 Å². The summed E-state index contributed by atoms with van der Waals surface area (Å²) in [6.07, 6.45) is 1.70. The topological polar surface area (TPSA) is 130 Å². The molecule has 1 aromatic carbocycles. The van der Waals surface area contributed by atoms with Gasteiger partial charge in [-0.1, -0.05) is 45.0 Å². The predicted octanol–water partition coefficient (Wildman–Crippen LogP) is 3.80. The molecule has 42 heavy (non-hydrogen) atoms. The van der Waals surface area contributed by atoms with Crippen molar-refractivity contribution < 1.29 is 24.2 Å². The molecule has 2 aliphatic rings. The Hall–Kier alpha value is -2.66. The smallest absolute Gasteiger partial charge is 0.246 e. The highest BCUT2D eigenvalue weighted by Gasteiger charge is 2.47. The van der Waals surface area contributed by atoms with E-state index in [0.29, 0.717) is 12.5 Å². The largest absolute Gasteiger partial charge is 0.393 e. The van der Waals surface area contributed by atoms with Crippen LogP contribution in [0.25, 0.3) is 10.4 Å². The monoisotopic (exact) mass is 598 g/mol. The molecule has 1 saturated heterocycles. The summed E-state index contributed by atoms with van der Waals surface area (Å²) >= 11 is 1.59. The summed E-state index contributed by atoms with van der Waals surface area (Å²) in [5.41, 5.74) is 4.25. The number of nitrogens with one attached hydrogen (secondary N) is 3. The Morgan fingerprint density at radius 1 is 1.10 bits per heavy atom. The van der Waals surface area contributed by atoms with Crippen LogP contribution in [0.2, 0.25) is 0 Å². The number of amides is 2. The Balaban J connectivity index is 1.37. The predicted molar refractivity (Wildman–Crippen MR) is 164 cm³/mol. The number of carbonyl (C=O) groups is 3. The van der Waals surface area contributed by atoms with Crippen molar-refractivity contribution in [2.45, 2.75) is 78.5 Å². The number of aryl methyl sites for hydroxylation is 1. The number of hydrogen-bond acceptors (Lipinski definition) is 8. The molecule has 0 spiro atoms. The van der Waals surface area contributed by atoms with Gasteiger partial charge in [0.25, 0.3) is 0 Å². The Morgan fingerprint density at radius 3 is 2.38 bits per heavy atom. The number of nitrogens with zero attached hydrogens (tertiary/aromatic N) is 1. The minimum absolute atomic E-state index is 0.111. The number of Topliss-reactive ketones (excluding diaryl/α,β-unsaturated/α-hetero) is 1. The van der Waals surface area contributed by atoms with Gasteiger partial charge < -0.3 is 25.8 Å². The molecule has 0 radical (unpaired) electrons. The van der Waals surface area contributed by atoms with E-state index in [1.807, 2.05) is 64.4 Å². The first-order valence-corrected chi connectivity index (χ1v) is 15.9. The SMILES string of the molecule is Cc1ncsc1-c1ccc([C@H](C)NC(=O)[C@@H]2C[C@@H](O)CC2C(=O)[C@@H](NC(=O)COCC2CCNCC2)C(C)(C)C)cc1. The number of benzene rings is 1. The first kappa shape index (κ1) is 32.3. The zero-order chi connectivity index (χ0) is 30.4. The molecule has 2 amide bonds. The third kappa shape index (κ3) is 8.24. The van der Waals surface area contributed by atoms with Crippen molar-refractivity contribution >= 4 is 28.9 Å². The maximum Gasteiger partial charge on any atom is 0.246 e. The van der Waals surface area contributed by atoms with Gasteiger partial charge in [-0.2, -0.15) is 0 Å². The van der Waals surface area contributed by atoms with Gasteiger partial charge in [0, 0.05) is 5.92 Å². The van der Waals surface area contributed by atoms with Crippen LogP contribution < -0.4 is 16.0 Å².